The molecule has 0 radical (unpaired) electrons. The van der Waals surface area contributed by atoms with E-state index in [0.717, 1.165) is 44.0 Å². The first-order chi connectivity index (χ1) is 17.6. The Bertz CT molecular complexity index is 1260. The first-order valence-electron chi connectivity index (χ1n) is 12.7. The lowest BCUT2D eigenvalue weighted by atomic mass is 9.85. The molecule has 184 valence electrons. The van der Waals surface area contributed by atoms with Crippen LogP contribution in [0.1, 0.15) is 35.2 Å². The third kappa shape index (κ3) is 4.13. The molecule has 2 fully saturated rings. The molecule has 2 aromatic carbocycles. The summed E-state index contributed by atoms with van der Waals surface area (Å²) in [7, 11) is 0. The van der Waals surface area contributed by atoms with Gasteiger partial charge < -0.3 is 9.64 Å². The standard InChI is InChI=1S/C29H30N4O3/c34-27-29(12-15-31(16-13-29)19-23-9-10-26-24(18-23)11-17-36-26)33(20-22-6-2-1-3-7-22)28(35)32(27)21-25-8-4-5-14-30-25/h1-10,14,18H,11-13,15-17,19-21H2. The van der Waals surface area contributed by atoms with Crippen molar-refractivity contribution in [3.8, 4) is 5.75 Å². The molecular formula is C29H30N4O3. The molecule has 1 spiro atoms. The number of imide groups is 1. The number of benzene rings is 2. The maximum Gasteiger partial charge on any atom is 0.328 e. The van der Waals surface area contributed by atoms with E-state index in [1.807, 2.05) is 53.4 Å². The fraction of sp³-hybridized carbons (Fsp3) is 0.345. The van der Waals surface area contributed by atoms with Gasteiger partial charge in [-0.25, -0.2) is 4.79 Å². The van der Waals surface area contributed by atoms with E-state index in [1.165, 1.54) is 16.0 Å². The molecule has 0 bridgehead atoms. The van der Waals surface area contributed by atoms with Crippen molar-refractivity contribution in [2.75, 3.05) is 19.7 Å². The quantitative estimate of drug-likeness (QED) is 0.497. The molecule has 6 rings (SSSR count). The molecule has 4 heterocycles. The Morgan fingerprint density at radius 1 is 0.861 bits per heavy atom. The number of urea groups is 1. The van der Waals surface area contributed by atoms with Gasteiger partial charge in [-0.2, -0.15) is 0 Å². The van der Waals surface area contributed by atoms with Crippen molar-refractivity contribution < 1.29 is 14.3 Å². The number of nitrogens with zero attached hydrogens (tertiary/aromatic N) is 4. The number of piperidine rings is 1. The van der Waals surface area contributed by atoms with Crippen molar-refractivity contribution >= 4 is 11.9 Å². The maximum atomic E-state index is 13.9. The minimum Gasteiger partial charge on any atom is -0.493 e. The van der Waals surface area contributed by atoms with Gasteiger partial charge in [-0.1, -0.05) is 48.5 Å². The summed E-state index contributed by atoms with van der Waals surface area (Å²) < 4.78 is 5.64. The molecule has 0 unspecified atom stereocenters. The summed E-state index contributed by atoms with van der Waals surface area (Å²) in [6.07, 6.45) is 3.90. The minimum atomic E-state index is -0.815. The Balaban J connectivity index is 1.22. The summed E-state index contributed by atoms with van der Waals surface area (Å²) in [5.74, 6) is 0.902. The lowest BCUT2D eigenvalue weighted by Crippen LogP contribution is -2.56. The van der Waals surface area contributed by atoms with Crippen molar-refractivity contribution in [2.24, 2.45) is 0 Å². The second kappa shape index (κ2) is 9.39. The number of pyridine rings is 1. The van der Waals surface area contributed by atoms with Gasteiger partial charge in [-0.3, -0.25) is 19.6 Å². The van der Waals surface area contributed by atoms with Crippen LogP contribution in [0.3, 0.4) is 0 Å². The molecule has 36 heavy (non-hydrogen) atoms. The van der Waals surface area contributed by atoms with E-state index in [0.29, 0.717) is 25.1 Å². The third-order valence-electron chi connectivity index (χ3n) is 7.69. The van der Waals surface area contributed by atoms with E-state index in [1.54, 1.807) is 6.20 Å². The fourth-order valence-corrected chi connectivity index (χ4v) is 5.72. The van der Waals surface area contributed by atoms with Crippen LogP contribution in [0.25, 0.3) is 0 Å². The predicted octanol–water partition coefficient (Wildman–Crippen LogP) is 4.02. The van der Waals surface area contributed by atoms with Gasteiger partial charge in [0, 0.05) is 38.8 Å². The number of carbonyl (C=O) groups is 2. The first-order valence-corrected chi connectivity index (χ1v) is 12.7. The Hall–Kier alpha value is -3.71. The molecule has 3 aliphatic heterocycles. The van der Waals surface area contributed by atoms with E-state index < -0.39 is 5.54 Å². The number of aromatic nitrogens is 1. The summed E-state index contributed by atoms with van der Waals surface area (Å²) in [6.45, 7) is 3.74. The predicted molar refractivity (Wildman–Crippen MR) is 135 cm³/mol. The van der Waals surface area contributed by atoms with Gasteiger partial charge in [0.05, 0.1) is 18.8 Å². The molecule has 1 aromatic heterocycles. The number of ether oxygens (including phenoxy) is 1. The number of likely N-dealkylation sites (tertiary alicyclic amines) is 1. The molecule has 3 aliphatic rings. The molecule has 7 heteroatoms. The summed E-state index contributed by atoms with van der Waals surface area (Å²) in [4.78, 5) is 37.5. The van der Waals surface area contributed by atoms with Crippen LogP contribution in [-0.4, -0.2) is 56.9 Å². The highest BCUT2D eigenvalue weighted by atomic mass is 16.5. The summed E-state index contributed by atoms with van der Waals surface area (Å²) in [5.41, 5.74) is 3.47. The zero-order valence-corrected chi connectivity index (χ0v) is 20.3. The zero-order valence-electron chi connectivity index (χ0n) is 20.3. The van der Waals surface area contributed by atoms with Crippen molar-refractivity contribution in [1.29, 1.82) is 0 Å². The molecule has 7 nitrogen and oxygen atoms in total. The lowest BCUT2D eigenvalue weighted by Gasteiger charge is -2.42. The highest BCUT2D eigenvalue weighted by Gasteiger charge is 2.57. The van der Waals surface area contributed by atoms with Crippen molar-refractivity contribution in [1.82, 2.24) is 19.7 Å². The van der Waals surface area contributed by atoms with Crippen LogP contribution in [-0.2, 0) is 30.8 Å². The normalized spacial score (nSPS) is 19.1. The average molecular weight is 483 g/mol. The van der Waals surface area contributed by atoms with Gasteiger partial charge in [0.15, 0.2) is 0 Å². The number of hydrogen-bond acceptors (Lipinski definition) is 5. The van der Waals surface area contributed by atoms with Crippen LogP contribution in [0.4, 0.5) is 4.79 Å². The molecule has 3 amide bonds. The van der Waals surface area contributed by atoms with Gasteiger partial charge >= 0.3 is 6.03 Å². The van der Waals surface area contributed by atoms with E-state index in [-0.39, 0.29) is 18.5 Å². The topological polar surface area (TPSA) is 66.0 Å². The maximum absolute atomic E-state index is 13.9. The van der Waals surface area contributed by atoms with E-state index in [9.17, 15) is 9.59 Å². The van der Waals surface area contributed by atoms with Crippen LogP contribution in [0, 0.1) is 0 Å². The van der Waals surface area contributed by atoms with Crippen LogP contribution in [0.15, 0.2) is 72.9 Å². The van der Waals surface area contributed by atoms with Gasteiger partial charge in [0.2, 0.25) is 0 Å². The first kappa shape index (κ1) is 22.7. The Kier molecular flexibility index (Phi) is 5.93. The molecule has 0 saturated carbocycles. The van der Waals surface area contributed by atoms with Gasteiger partial charge in [-0.15, -0.1) is 0 Å². The second-order valence-electron chi connectivity index (χ2n) is 9.91. The number of rotatable bonds is 6. The molecule has 3 aromatic rings. The largest absolute Gasteiger partial charge is 0.493 e. The van der Waals surface area contributed by atoms with E-state index in [4.69, 9.17) is 4.74 Å². The van der Waals surface area contributed by atoms with Crippen LogP contribution >= 0.6 is 0 Å². The lowest BCUT2D eigenvalue weighted by molar-refractivity contribution is -0.136. The van der Waals surface area contributed by atoms with Gasteiger partial charge in [-0.05, 0) is 47.7 Å². The number of fused-ring (bicyclic) bond motifs is 1. The summed E-state index contributed by atoms with van der Waals surface area (Å²) in [6, 6.07) is 21.7. The monoisotopic (exact) mass is 482 g/mol. The number of amides is 3. The van der Waals surface area contributed by atoms with E-state index in [2.05, 4.69) is 28.1 Å². The molecule has 0 aliphatic carbocycles. The number of hydrogen-bond donors (Lipinski definition) is 0. The summed E-state index contributed by atoms with van der Waals surface area (Å²) >= 11 is 0. The molecular weight excluding hydrogens is 452 g/mol. The van der Waals surface area contributed by atoms with E-state index >= 15 is 0 Å². The summed E-state index contributed by atoms with van der Waals surface area (Å²) in [5, 5.41) is 0. The van der Waals surface area contributed by atoms with Gasteiger partial charge in [0.1, 0.15) is 11.3 Å². The second-order valence-corrected chi connectivity index (χ2v) is 9.91. The Labute approximate surface area is 211 Å². The molecule has 2 saturated heterocycles. The molecule has 0 N–H and O–H groups in total. The molecule has 0 atom stereocenters. The van der Waals surface area contributed by atoms with Crippen LogP contribution in [0.5, 0.6) is 5.75 Å². The smallest absolute Gasteiger partial charge is 0.328 e. The van der Waals surface area contributed by atoms with Crippen molar-refractivity contribution in [3.63, 3.8) is 0 Å². The van der Waals surface area contributed by atoms with Crippen molar-refractivity contribution in [2.45, 2.75) is 44.4 Å². The Morgan fingerprint density at radius 3 is 2.44 bits per heavy atom. The highest BCUT2D eigenvalue weighted by Crippen LogP contribution is 2.39. The van der Waals surface area contributed by atoms with Crippen LogP contribution in [0.2, 0.25) is 0 Å². The van der Waals surface area contributed by atoms with Gasteiger partial charge in [0.25, 0.3) is 5.91 Å². The SMILES string of the molecule is O=C1N(Cc2ccccn2)C(=O)C2(CCN(Cc3ccc4c(c3)CCO4)CC2)N1Cc1ccccc1. The Morgan fingerprint density at radius 2 is 1.67 bits per heavy atom. The minimum absolute atomic E-state index is 0.0941. The highest BCUT2D eigenvalue weighted by molar-refractivity contribution is 6.07. The van der Waals surface area contributed by atoms with Crippen LogP contribution < -0.4 is 4.74 Å². The fourth-order valence-electron chi connectivity index (χ4n) is 5.72. The average Bonchev–Trinajstić information content (AvgIpc) is 3.45. The third-order valence-corrected chi connectivity index (χ3v) is 7.69. The number of carbonyl (C=O) groups excluding carboxylic acids is 2. The zero-order chi connectivity index (χ0) is 24.5. The van der Waals surface area contributed by atoms with Crippen molar-refractivity contribution in [3.05, 3.63) is 95.3 Å².